The molecule has 0 aliphatic heterocycles. The minimum absolute atomic E-state index is 0. The summed E-state index contributed by atoms with van der Waals surface area (Å²) in [6.45, 7) is 6.17. The van der Waals surface area contributed by atoms with Gasteiger partial charge in [-0.05, 0) is 31.0 Å². The lowest BCUT2D eigenvalue weighted by Gasteiger charge is -2.12. The molecule has 0 amide bonds. The molecule has 0 saturated heterocycles. The standard InChI is InChI=1S/C19H25NO.ClH/c1-16(2)20-14-8-9-15-21-19-13-7-6-12-18(19)17-10-4-3-5-11-17;/h3-7,10-13,16,20H,8-9,14-15H2,1-2H3;1H. The van der Waals surface area contributed by atoms with Gasteiger partial charge in [0.25, 0.3) is 0 Å². The summed E-state index contributed by atoms with van der Waals surface area (Å²) in [4.78, 5) is 0. The minimum atomic E-state index is 0. The van der Waals surface area contributed by atoms with Crippen molar-refractivity contribution in [3.05, 3.63) is 54.6 Å². The number of benzene rings is 2. The molecule has 0 atom stereocenters. The largest absolute Gasteiger partial charge is 0.493 e. The van der Waals surface area contributed by atoms with E-state index < -0.39 is 0 Å². The summed E-state index contributed by atoms with van der Waals surface area (Å²) in [6.07, 6.45) is 2.22. The fourth-order valence-electron chi connectivity index (χ4n) is 2.25. The van der Waals surface area contributed by atoms with Gasteiger partial charge in [0.15, 0.2) is 0 Å². The van der Waals surface area contributed by atoms with E-state index in [0.29, 0.717) is 6.04 Å². The van der Waals surface area contributed by atoms with Crippen LogP contribution in [0.1, 0.15) is 26.7 Å². The average molecular weight is 320 g/mol. The summed E-state index contributed by atoms with van der Waals surface area (Å²) in [6, 6.07) is 19.2. The van der Waals surface area contributed by atoms with Crippen LogP contribution in [0.5, 0.6) is 5.75 Å². The molecular weight excluding hydrogens is 294 g/mol. The highest BCUT2D eigenvalue weighted by Crippen LogP contribution is 2.29. The Kier molecular flexibility index (Phi) is 8.64. The van der Waals surface area contributed by atoms with Crippen molar-refractivity contribution in [3.8, 4) is 16.9 Å². The fourth-order valence-corrected chi connectivity index (χ4v) is 2.25. The van der Waals surface area contributed by atoms with Crippen LogP contribution in [0.25, 0.3) is 11.1 Å². The maximum atomic E-state index is 5.97. The van der Waals surface area contributed by atoms with Crippen LogP contribution >= 0.6 is 12.4 Å². The lowest BCUT2D eigenvalue weighted by molar-refractivity contribution is 0.306. The monoisotopic (exact) mass is 319 g/mol. The van der Waals surface area contributed by atoms with E-state index in [9.17, 15) is 0 Å². The van der Waals surface area contributed by atoms with E-state index in [1.807, 2.05) is 12.1 Å². The van der Waals surface area contributed by atoms with Crippen LogP contribution in [0.2, 0.25) is 0 Å². The van der Waals surface area contributed by atoms with Crippen molar-refractivity contribution in [2.45, 2.75) is 32.7 Å². The van der Waals surface area contributed by atoms with Crippen LogP contribution in [0.15, 0.2) is 54.6 Å². The molecule has 2 nitrogen and oxygen atoms in total. The first kappa shape index (κ1) is 18.5. The average Bonchev–Trinajstić information content (AvgIpc) is 2.52. The Hall–Kier alpha value is -1.51. The summed E-state index contributed by atoms with van der Waals surface area (Å²) in [5, 5.41) is 3.43. The van der Waals surface area contributed by atoms with Gasteiger partial charge in [-0.1, -0.05) is 62.4 Å². The maximum absolute atomic E-state index is 5.97. The third-order valence-corrected chi connectivity index (χ3v) is 3.35. The number of hydrogen-bond donors (Lipinski definition) is 1. The predicted molar refractivity (Wildman–Crippen MR) is 97.0 cm³/mol. The second-order valence-electron chi connectivity index (χ2n) is 5.53. The first-order valence-corrected chi connectivity index (χ1v) is 7.78. The summed E-state index contributed by atoms with van der Waals surface area (Å²) < 4.78 is 5.97. The third kappa shape index (κ3) is 6.08. The second-order valence-corrected chi connectivity index (χ2v) is 5.53. The molecule has 0 bridgehead atoms. The second kappa shape index (κ2) is 10.3. The molecule has 0 saturated carbocycles. The van der Waals surface area contributed by atoms with Crippen LogP contribution in [0.4, 0.5) is 0 Å². The van der Waals surface area contributed by atoms with Gasteiger partial charge in [-0.15, -0.1) is 12.4 Å². The molecule has 0 aromatic heterocycles. The molecule has 0 aliphatic carbocycles. The van der Waals surface area contributed by atoms with Gasteiger partial charge in [-0.3, -0.25) is 0 Å². The van der Waals surface area contributed by atoms with Gasteiger partial charge < -0.3 is 10.1 Å². The summed E-state index contributed by atoms with van der Waals surface area (Å²) in [5.74, 6) is 0.973. The molecule has 22 heavy (non-hydrogen) atoms. The number of unbranched alkanes of at least 4 members (excludes halogenated alkanes) is 1. The van der Waals surface area contributed by atoms with Crippen LogP contribution < -0.4 is 10.1 Å². The van der Waals surface area contributed by atoms with Gasteiger partial charge in [0, 0.05) is 11.6 Å². The minimum Gasteiger partial charge on any atom is -0.493 e. The van der Waals surface area contributed by atoms with E-state index in [1.54, 1.807) is 0 Å². The van der Waals surface area contributed by atoms with Crippen molar-refractivity contribution >= 4 is 12.4 Å². The fraction of sp³-hybridized carbons (Fsp3) is 0.368. The Labute approximate surface area is 140 Å². The van der Waals surface area contributed by atoms with Crippen molar-refractivity contribution in [2.24, 2.45) is 0 Å². The molecule has 2 aromatic carbocycles. The first-order chi connectivity index (χ1) is 10.3. The van der Waals surface area contributed by atoms with Gasteiger partial charge >= 0.3 is 0 Å². The van der Waals surface area contributed by atoms with Crippen molar-refractivity contribution < 1.29 is 4.74 Å². The SMILES string of the molecule is CC(C)NCCCCOc1ccccc1-c1ccccc1.Cl. The lowest BCUT2D eigenvalue weighted by atomic mass is 10.1. The third-order valence-electron chi connectivity index (χ3n) is 3.35. The Morgan fingerprint density at radius 3 is 2.32 bits per heavy atom. The quantitative estimate of drug-likeness (QED) is 0.696. The Balaban J connectivity index is 0.00000242. The molecule has 0 fully saturated rings. The van der Waals surface area contributed by atoms with Crippen molar-refractivity contribution in [2.75, 3.05) is 13.2 Å². The number of hydrogen-bond acceptors (Lipinski definition) is 2. The molecular formula is C19H26ClNO. The van der Waals surface area contributed by atoms with E-state index in [-0.39, 0.29) is 12.4 Å². The highest BCUT2D eigenvalue weighted by molar-refractivity contribution is 5.85. The summed E-state index contributed by atoms with van der Waals surface area (Å²) in [7, 11) is 0. The summed E-state index contributed by atoms with van der Waals surface area (Å²) in [5.41, 5.74) is 2.37. The lowest BCUT2D eigenvalue weighted by Crippen LogP contribution is -2.23. The number of ether oxygens (including phenoxy) is 1. The van der Waals surface area contributed by atoms with Crippen molar-refractivity contribution in [1.29, 1.82) is 0 Å². The molecule has 2 rings (SSSR count). The normalized spacial score (nSPS) is 10.3. The van der Waals surface area contributed by atoms with E-state index in [2.05, 4.69) is 61.6 Å². The molecule has 0 heterocycles. The summed E-state index contributed by atoms with van der Waals surface area (Å²) >= 11 is 0. The molecule has 3 heteroatoms. The van der Waals surface area contributed by atoms with Crippen molar-refractivity contribution in [3.63, 3.8) is 0 Å². The topological polar surface area (TPSA) is 21.3 Å². The van der Waals surface area contributed by atoms with E-state index in [0.717, 1.165) is 31.7 Å². The molecule has 0 spiro atoms. The molecule has 0 unspecified atom stereocenters. The highest BCUT2D eigenvalue weighted by atomic mass is 35.5. The van der Waals surface area contributed by atoms with Gasteiger partial charge in [0.1, 0.15) is 5.75 Å². The van der Waals surface area contributed by atoms with Gasteiger partial charge in [0.2, 0.25) is 0 Å². The van der Waals surface area contributed by atoms with Crippen LogP contribution in [0, 0.1) is 0 Å². The number of nitrogens with one attached hydrogen (secondary N) is 1. The Morgan fingerprint density at radius 1 is 0.909 bits per heavy atom. The molecule has 0 radical (unpaired) electrons. The molecule has 120 valence electrons. The number of rotatable bonds is 8. The van der Waals surface area contributed by atoms with Crippen molar-refractivity contribution in [1.82, 2.24) is 5.32 Å². The molecule has 1 N–H and O–H groups in total. The zero-order valence-electron chi connectivity index (χ0n) is 13.4. The maximum Gasteiger partial charge on any atom is 0.127 e. The van der Waals surface area contributed by atoms with Gasteiger partial charge in [-0.25, -0.2) is 0 Å². The Morgan fingerprint density at radius 2 is 1.59 bits per heavy atom. The highest BCUT2D eigenvalue weighted by Gasteiger charge is 2.04. The van der Waals surface area contributed by atoms with E-state index in [4.69, 9.17) is 4.74 Å². The van der Waals surface area contributed by atoms with Gasteiger partial charge in [-0.2, -0.15) is 0 Å². The smallest absolute Gasteiger partial charge is 0.127 e. The predicted octanol–water partition coefficient (Wildman–Crippen LogP) is 4.93. The van der Waals surface area contributed by atoms with E-state index >= 15 is 0 Å². The zero-order chi connectivity index (χ0) is 14.9. The van der Waals surface area contributed by atoms with Crippen LogP contribution in [-0.2, 0) is 0 Å². The Bertz CT molecular complexity index is 528. The van der Waals surface area contributed by atoms with Gasteiger partial charge in [0.05, 0.1) is 6.61 Å². The van der Waals surface area contributed by atoms with E-state index in [1.165, 1.54) is 11.1 Å². The van der Waals surface area contributed by atoms with Crippen LogP contribution in [-0.4, -0.2) is 19.2 Å². The zero-order valence-corrected chi connectivity index (χ0v) is 14.2. The number of halogens is 1. The first-order valence-electron chi connectivity index (χ1n) is 7.78. The number of para-hydroxylation sites is 1. The molecule has 2 aromatic rings. The molecule has 0 aliphatic rings. The van der Waals surface area contributed by atoms with Crippen LogP contribution in [0.3, 0.4) is 0 Å².